The summed E-state index contributed by atoms with van der Waals surface area (Å²) in [4.78, 5) is 11.5. The van der Waals surface area contributed by atoms with Gasteiger partial charge in [-0.05, 0) is 43.9 Å². The lowest BCUT2D eigenvalue weighted by molar-refractivity contribution is -0.241. The molecule has 5 nitrogen and oxygen atoms in total. The Hall–Kier alpha value is -1.23. The zero-order chi connectivity index (χ0) is 19.2. The van der Waals surface area contributed by atoms with Gasteiger partial charge in [0.05, 0.1) is 0 Å². The molecule has 0 saturated heterocycles. The van der Waals surface area contributed by atoms with Gasteiger partial charge in [-0.2, -0.15) is 22.0 Å². The summed E-state index contributed by atoms with van der Waals surface area (Å²) in [7, 11) is -5.87. The topological polar surface area (TPSA) is 72.5 Å². The number of esters is 1. The molecule has 1 N–H and O–H groups in total. The maximum atomic E-state index is 13.0. The van der Waals surface area contributed by atoms with E-state index in [1.165, 1.54) is 11.6 Å². The van der Waals surface area contributed by atoms with Crippen LogP contribution >= 0.6 is 0 Å². The van der Waals surface area contributed by atoms with Crippen LogP contribution in [0.15, 0.2) is 12.2 Å². The first-order chi connectivity index (χ1) is 11.3. The number of halogens is 5. The molecule has 0 amide bonds. The second kappa shape index (κ2) is 6.49. The number of sulfonamides is 1. The van der Waals surface area contributed by atoms with Crippen LogP contribution in [0.25, 0.3) is 0 Å². The van der Waals surface area contributed by atoms with Crippen LogP contribution in [-0.4, -0.2) is 38.5 Å². The van der Waals surface area contributed by atoms with Gasteiger partial charge in [-0.25, -0.2) is 17.9 Å². The van der Waals surface area contributed by atoms with Crippen molar-refractivity contribution < 1.29 is 39.9 Å². The van der Waals surface area contributed by atoms with E-state index in [0.29, 0.717) is 19.3 Å². The molecule has 4 atom stereocenters. The SMILES string of the molecule is C=C(C)C(=O)OC1CC2CC1CC2CNS(=O)(=O)C(F)(F)C(F)(F)F. The molecule has 11 heteroatoms. The quantitative estimate of drug-likeness (QED) is 0.429. The molecule has 2 bridgehead atoms. The molecule has 25 heavy (non-hydrogen) atoms. The van der Waals surface area contributed by atoms with Crippen molar-refractivity contribution >= 4 is 16.0 Å². The van der Waals surface area contributed by atoms with E-state index in [-0.39, 0.29) is 29.4 Å². The molecule has 0 heterocycles. The normalized spacial score (nSPS) is 29.7. The second-order valence-corrected chi connectivity index (χ2v) is 8.39. The first-order valence-corrected chi connectivity index (χ1v) is 9.05. The van der Waals surface area contributed by atoms with E-state index in [2.05, 4.69) is 6.58 Å². The van der Waals surface area contributed by atoms with Crippen molar-refractivity contribution in [1.29, 1.82) is 0 Å². The second-order valence-electron chi connectivity index (χ2n) is 6.58. The Bertz CT molecular complexity index is 661. The molecule has 0 aromatic carbocycles. The van der Waals surface area contributed by atoms with Crippen molar-refractivity contribution in [1.82, 2.24) is 4.72 Å². The fourth-order valence-corrected chi connectivity index (χ4v) is 4.35. The maximum absolute atomic E-state index is 13.0. The van der Waals surface area contributed by atoms with Crippen LogP contribution in [0.4, 0.5) is 22.0 Å². The van der Waals surface area contributed by atoms with Crippen molar-refractivity contribution in [3.63, 3.8) is 0 Å². The Kier molecular flexibility index (Phi) is 5.22. The highest BCUT2D eigenvalue weighted by atomic mass is 32.2. The van der Waals surface area contributed by atoms with Gasteiger partial charge in [0, 0.05) is 12.1 Å². The highest BCUT2D eigenvalue weighted by Crippen LogP contribution is 2.50. The van der Waals surface area contributed by atoms with E-state index in [1.807, 2.05) is 0 Å². The van der Waals surface area contributed by atoms with Crippen LogP contribution < -0.4 is 4.72 Å². The van der Waals surface area contributed by atoms with Crippen molar-refractivity contribution in [3.8, 4) is 0 Å². The molecule has 0 aliphatic heterocycles. The molecule has 0 aromatic heterocycles. The van der Waals surface area contributed by atoms with Gasteiger partial charge in [-0.1, -0.05) is 6.58 Å². The Morgan fingerprint density at radius 1 is 1.16 bits per heavy atom. The highest BCUT2D eigenvalue weighted by molar-refractivity contribution is 7.90. The van der Waals surface area contributed by atoms with E-state index < -0.39 is 34.0 Å². The van der Waals surface area contributed by atoms with Gasteiger partial charge in [0.25, 0.3) is 10.0 Å². The molecule has 2 fully saturated rings. The van der Waals surface area contributed by atoms with E-state index in [4.69, 9.17) is 4.74 Å². The number of rotatable bonds is 6. The molecule has 2 rings (SSSR count). The van der Waals surface area contributed by atoms with Crippen LogP contribution in [0.3, 0.4) is 0 Å². The van der Waals surface area contributed by atoms with E-state index >= 15 is 0 Å². The van der Waals surface area contributed by atoms with Gasteiger partial charge in [-0.15, -0.1) is 0 Å². The van der Waals surface area contributed by atoms with Crippen LogP contribution in [0.1, 0.15) is 26.2 Å². The predicted molar refractivity (Wildman–Crippen MR) is 76.9 cm³/mol. The zero-order valence-electron chi connectivity index (χ0n) is 13.3. The Balaban J connectivity index is 1.92. The van der Waals surface area contributed by atoms with Gasteiger partial charge in [0.2, 0.25) is 0 Å². The third-order valence-electron chi connectivity index (χ3n) is 4.75. The molecule has 0 spiro atoms. The molecule has 2 aliphatic carbocycles. The summed E-state index contributed by atoms with van der Waals surface area (Å²) in [5.41, 5.74) is 0.237. The molecule has 0 aromatic rings. The minimum Gasteiger partial charge on any atom is -0.459 e. The molecule has 0 radical (unpaired) electrons. The summed E-state index contributed by atoms with van der Waals surface area (Å²) in [6.07, 6.45) is -5.13. The summed E-state index contributed by atoms with van der Waals surface area (Å²) in [5.74, 6) is -1.08. The molecular weight excluding hydrogens is 373 g/mol. The molecule has 4 unspecified atom stereocenters. The first-order valence-electron chi connectivity index (χ1n) is 7.56. The predicted octanol–water partition coefficient (Wildman–Crippen LogP) is 2.59. The largest absolute Gasteiger partial charge is 0.470 e. The van der Waals surface area contributed by atoms with Crippen molar-refractivity contribution in [2.75, 3.05) is 6.54 Å². The van der Waals surface area contributed by atoms with E-state index in [9.17, 15) is 35.2 Å². The van der Waals surface area contributed by atoms with Crippen molar-refractivity contribution in [3.05, 3.63) is 12.2 Å². The summed E-state index contributed by atoms with van der Waals surface area (Å²) < 4.78 is 91.8. The molecule has 2 aliphatic rings. The smallest absolute Gasteiger partial charge is 0.459 e. The first kappa shape index (κ1) is 20.1. The van der Waals surface area contributed by atoms with Crippen LogP contribution in [0, 0.1) is 17.8 Å². The summed E-state index contributed by atoms with van der Waals surface area (Å²) in [6.45, 7) is 4.45. The van der Waals surface area contributed by atoms with Gasteiger partial charge >= 0.3 is 17.4 Å². The number of alkyl halides is 5. The van der Waals surface area contributed by atoms with E-state index in [0.717, 1.165) is 0 Å². The lowest BCUT2D eigenvalue weighted by Gasteiger charge is -2.28. The lowest BCUT2D eigenvalue weighted by Crippen LogP contribution is -2.51. The van der Waals surface area contributed by atoms with Crippen LogP contribution in [0.5, 0.6) is 0 Å². The average molecular weight is 391 g/mol. The average Bonchev–Trinajstić information content (AvgIpc) is 3.03. The highest BCUT2D eigenvalue weighted by Gasteiger charge is 2.67. The summed E-state index contributed by atoms with van der Waals surface area (Å²) in [5, 5.41) is -5.85. The third kappa shape index (κ3) is 3.81. The van der Waals surface area contributed by atoms with E-state index in [1.54, 1.807) is 0 Å². The minimum absolute atomic E-state index is 0.0640. The fourth-order valence-electron chi connectivity index (χ4n) is 3.43. The molecular formula is C14H18F5NO4S. The fraction of sp³-hybridized carbons (Fsp3) is 0.786. The zero-order valence-corrected chi connectivity index (χ0v) is 14.1. The monoisotopic (exact) mass is 391 g/mol. The van der Waals surface area contributed by atoms with Gasteiger partial charge in [-0.3, -0.25) is 0 Å². The number of fused-ring (bicyclic) bond motifs is 2. The standard InChI is InChI=1S/C14H18F5NO4S/c1-7(2)12(21)24-11-5-8-3-9(11)4-10(8)6-20-25(22,23)14(18,19)13(15,16)17/h8-11,20H,1,3-6H2,2H3. The maximum Gasteiger partial charge on any atom is 0.470 e. The lowest BCUT2D eigenvalue weighted by atomic mass is 9.87. The Labute approximate surface area is 141 Å². The van der Waals surface area contributed by atoms with Crippen LogP contribution in [0.2, 0.25) is 0 Å². The van der Waals surface area contributed by atoms with Gasteiger partial charge in [0.1, 0.15) is 6.10 Å². The molecule has 144 valence electrons. The Morgan fingerprint density at radius 2 is 1.76 bits per heavy atom. The number of carbonyl (C=O) groups is 1. The minimum atomic E-state index is -6.19. The van der Waals surface area contributed by atoms with Gasteiger partial charge < -0.3 is 4.74 Å². The molecule has 2 saturated carbocycles. The van der Waals surface area contributed by atoms with Crippen LogP contribution in [-0.2, 0) is 19.6 Å². The van der Waals surface area contributed by atoms with Crippen molar-refractivity contribution in [2.45, 2.75) is 43.7 Å². The number of carbonyl (C=O) groups excluding carboxylic acids is 1. The number of nitrogens with one attached hydrogen (secondary N) is 1. The Morgan fingerprint density at radius 3 is 2.20 bits per heavy atom. The summed E-state index contributed by atoms with van der Waals surface area (Å²) >= 11 is 0. The van der Waals surface area contributed by atoms with Gasteiger partial charge in [0.15, 0.2) is 0 Å². The number of hydrogen-bond acceptors (Lipinski definition) is 4. The third-order valence-corrected chi connectivity index (χ3v) is 6.20. The number of hydrogen-bond donors (Lipinski definition) is 1. The summed E-state index contributed by atoms with van der Waals surface area (Å²) in [6, 6.07) is 0. The van der Waals surface area contributed by atoms with Crippen molar-refractivity contribution in [2.24, 2.45) is 17.8 Å². The number of ether oxygens (including phenoxy) is 1.